The average Bonchev–Trinajstić information content (AvgIpc) is 2.18. The molecule has 1 amide bonds. The topological polar surface area (TPSA) is 49.8 Å². The lowest BCUT2D eigenvalue weighted by Gasteiger charge is -2.16. The number of phenols is 1. The number of methoxy groups -OCH3 is 1. The highest BCUT2D eigenvalue weighted by atomic mass is 16.5. The third-order valence-electron chi connectivity index (χ3n) is 2.02. The van der Waals surface area contributed by atoms with E-state index in [4.69, 9.17) is 4.74 Å². The molecule has 1 rings (SSSR count). The molecule has 0 spiro atoms. The Bertz CT molecular complexity index is 338. The fraction of sp³-hybridized carbons (Fsp3) is 0.364. The van der Waals surface area contributed by atoms with Crippen LogP contribution in [0.1, 0.15) is 5.56 Å². The smallest absolute Gasteiger partial charge is 0.248 e. The van der Waals surface area contributed by atoms with Crippen LogP contribution < -0.4 is 0 Å². The molecule has 82 valence electrons. The molecule has 0 radical (unpaired) electrons. The number of ether oxygens (including phenoxy) is 1. The van der Waals surface area contributed by atoms with Crippen molar-refractivity contribution in [2.45, 2.75) is 6.54 Å². The van der Waals surface area contributed by atoms with E-state index in [9.17, 15) is 9.90 Å². The number of phenolic OH excluding ortho intramolecular Hbond substituents is 1. The Morgan fingerprint density at radius 3 is 2.87 bits per heavy atom. The number of likely N-dealkylation sites (N-methyl/N-ethyl adjacent to an activating group) is 1. The van der Waals surface area contributed by atoms with Gasteiger partial charge in [0.05, 0.1) is 0 Å². The second kappa shape index (κ2) is 5.36. The van der Waals surface area contributed by atoms with E-state index in [2.05, 4.69) is 0 Å². The van der Waals surface area contributed by atoms with Crippen molar-refractivity contribution in [2.75, 3.05) is 20.8 Å². The SMILES string of the molecule is COCC(=O)N(C)Cc1cccc(O)c1. The van der Waals surface area contributed by atoms with E-state index in [1.807, 2.05) is 6.07 Å². The van der Waals surface area contributed by atoms with E-state index < -0.39 is 0 Å². The summed E-state index contributed by atoms with van der Waals surface area (Å²) in [7, 11) is 3.19. The van der Waals surface area contributed by atoms with Crippen LogP contribution in [0.5, 0.6) is 5.75 Å². The molecule has 0 bridgehead atoms. The predicted molar refractivity (Wildman–Crippen MR) is 56.5 cm³/mol. The molecule has 0 fully saturated rings. The van der Waals surface area contributed by atoms with Crippen LogP contribution in [0.2, 0.25) is 0 Å². The van der Waals surface area contributed by atoms with E-state index in [1.165, 1.54) is 7.11 Å². The molecule has 0 aliphatic carbocycles. The highest BCUT2D eigenvalue weighted by Gasteiger charge is 2.08. The van der Waals surface area contributed by atoms with Gasteiger partial charge in [0.2, 0.25) is 5.91 Å². The van der Waals surface area contributed by atoms with Gasteiger partial charge in [-0.05, 0) is 17.7 Å². The minimum absolute atomic E-state index is 0.0787. The lowest BCUT2D eigenvalue weighted by molar-refractivity contribution is -0.134. The first-order chi connectivity index (χ1) is 7.13. The average molecular weight is 209 g/mol. The van der Waals surface area contributed by atoms with Crippen LogP contribution in [-0.2, 0) is 16.1 Å². The summed E-state index contributed by atoms with van der Waals surface area (Å²) in [5, 5.41) is 9.24. The summed E-state index contributed by atoms with van der Waals surface area (Å²) in [5.74, 6) is 0.126. The summed E-state index contributed by atoms with van der Waals surface area (Å²) in [6.07, 6.45) is 0. The molecule has 0 aliphatic heterocycles. The van der Waals surface area contributed by atoms with Gasteiger partial charge in [-0.3, -0.25) is 4.79 Å². The van der Waals surface area contributed by atoms with Crippen molar-refractivity contribution in [1.29, 1.82) is 0 Å². The van der Waals surface area contributed by atoms with Crippen molar-refractivity contribution in [3.8, 4) is 5.75 Å². The minimum atomic E-state index is -0.0826. The summed E-state index contributed by atoms with van der Waals surface area (Å²) >= 11 is 0. The standard InChI is InChI=1S/C11H15NO3/c1-12(11(14)8-15-2)7-9-4-3-5-10(13)6-9/h3-6,13H,7-8H2,1-2H3. The number of carbonyl (C=O) groups excluding carboxylic acids is 1. The molecule has 0 aliphatic rings. The van der Waals surface area contributed by atoms with Gasteiger partial charge in [0, 0.05) is 20.7 Å². The van der Waals surface area contributed by atoms with Crippen LogP contribution in [0, 0.1) is 0 Å². The molecule has 0 heterocycles. The molecule has 0 unspecified atom stereocenters. The zero-order valence-electron chi connectivity index (χ0n) is 8.93. The number of hydrogen-bond acceptors (Lipinski definition) is 3. The molecular formula is C11H15NO3. The summed E-state index contributed by atoms with van der Waals surface area (Å²) in [5.41, 5.74) is 0.891. The highest BCUT2D eigenvalue weighted by Crippen LogP contribution is 2.12. The fourth-order valence-electron chi connectivity index (χ4n) is 1.25. The van der Waals surface area contributed by atoms with E-state index in [0.717, 1.165) is 5.56 Å². The predicted octanol–water partition coefficient (Wildman–Crippen LogP) is 0.997. The van der Waals surface area contributed by atoms with E-state index in [-0.39, 0.29) is 18.3 Å². The molecule has 0 aromatic heterocycles. The first kappa shape index (κ1) is 11.5. The third kappa shape index (κ3) is 3.59. The van der Waals surface area contributed by atoms with Crippen molar-refractivity contribution in [2.24, 2.45) is 0 Å². The summed E-state index contributed by atoms with van der Waals surface area (Å²) in [6, 6.07) is 6.84. The van der Waals surface area contributed by atoms with Crippen LogP contribution in [0.3, 0.4) is 0 Å². The molecule has 1 N–H and O–H groups in total. The third-order valence-corrected chi connectivity index (χ3v) is 2.02. The Labute approximate surface area is 89.1 Å². The molecule has 4 heteroatoms. The van der Waals surface area contributed by atoms with Gasteiger partial charge in [0.15, 0.2) is 0 Å². The maximum atomic E-state index is 11.4. The van der Waals surface area contributed by atoms with Crippen molar-refractivity contribution < 1.29 is 14.6 Å². The maximum absolute atomic E-state index is 11.4. The zero-order valence-corrected chi connectivity index (χ0v) is 8.93. The number of rotatable bonds is 4. The van der Waals surface area contributed by atoms with Crippen LogP contribution in [-0.4, -0.2) is 36.7 Å². The number of carbonyl (C=O) groups is 1. The van der Waals surface area contributed by atoms with E-state index in [1.54, 1.807) is 30.1 Å². The van der Waals surface area contributed by atoms with E-state index in [0.29, 0.717) is 6.54 Å². The molecular weight excluding hydrogens is 194 g/mol. The van der Waals surface area contributed by atoms with Gasteiger partial charge >= 0.3 is 0 Å². The lowest BCUT2D eigenvalue weighted by Crippen LogP contribution is -2.29. The van der Waals surface area contributed by atoms with Gasteiger partial charge in [-0.2, -0.15) is 0 Å². The number of hydrogen-bond donors (Lipinski definition) is 1. The summed E-state index contributed by atoms with van der Waals surface area (Å²) in [4.78, 5) is 12.9. The molecule has 15 heavy (non-hydrogen) atoms. The first-order valence-electron chi connectivity index (χ1n) is 4.64. The molecule has 1 aromatic carbocycles. The van der Waals surface area contributed by atoms with Crippen molar-refractivity contribution in [3.05, 3.63) is 29.8 Å². The van der Waals surface area contributed by atoms with Gasteiger partial charge in [-0.25, -0.2) is 0 Å². The quantitative estimate of drug-likeness (QED) is 0.804. The second-order valence-corrected chi connectivity index (χ2v) is 3.35. The monoisotopic (exact) mass is 209 g/mol. The van der Waals surface area contributed by atoms with Crippen molar-refractivity contribution >= 4 is 5.91 Å². The Hall–Kier alpha value is -1.55. The zero-order chi connectivity index (χ0) is 11.3. The number of aromatic hydroxyl groups is 1. The van der Waals surface area contributed by atoms with Crippen LogP contribution in [0.15, 0.2) is 24.3 Å². The van der Waals surface area contributed by atoms with Gasteiger partial charge < -0.3 is 14.7 Å². The van der Waals surface area contributed by atoms with Gasteiger partial charge in [-0.1, -0.05) is 12.1 Å². The first-order valence-corrected chi connectivity index (χ1v) is 4.64. The van der Waals surface area contributed by atoms with Gasteiger partial charge in [0.25, 0.3) is 0 Å². The van der Waals surface area contributed by atoms with Gasteiger partial charge in [0.1, 0.15) is 12.4 Å². The Kier molecular flexibility index (Phi) is 4.12. The largest absolute Gasteiger partial charge is 0.508 e. The fourth-order valence-corrected chi connectivity index (χ4v) is 1.25. The number of amides is 1. The van der Waals surface area contributed by atoms with E-state index >= 15 is 0 Å². The molecule has 0 atom stereocenters. The molecule has 0 saturated heterocycles. The lowest BCUT2D eigenvalue weighted by atomic mass is 10.2. The summed E-state index contributed by atoms with van der Waals surface area (Å²) in [6.45, 7) is 0.548. The van der Waals surface area contributed by atoms with Crippen molar-refractivity contribution in [3.63, 3.8) is 0 Å². The Morgan fingerprint density at radius 1 is 1.53 bits per heavy atom. The molecule has 0 saturated carbocycles. The van der Waals surface area contributed by atoms with Crippen molar-refractivity contribution in [1.82, 2.24) is 4.90 Å². The Morgan fingerprint density at radius 2 is 2.27 bits per heavy atom. The minimum Gasteiger partial charge on any atom is -0.508 e. The Balaban J connectivity index is 2.58. The highest BCUT2D eigenvalue weighted by molar-refractivity contribution is 5.77. The van der Waals surface area contributed by atoms with Crippen LogP contribution in [0.25, 0.3) is 0 Å². The van der Waals surface area contributed by atoms with Crippen LogP contribution >= 0.6 is 0 Å². The number of nitrogens with zero attached hydrogens (tertiary/aromatic N) is 1. The van der Waals surface area contributed by atoms with Crippen LogP contribution in [0.4, 0.5) is 0 Å². The second-order valence-electron chi connectivity index (χ2n) is 3.35. The molecule has 4 nitrogen and oxygen atoms in total. The normalized spacial score (nSPS) is 10.0. The molecule has 1 aromatic rings. The summed E-state index contributed by atoms with van der Waals surface area (Å²) < 4.78 is 4.75. The maximum Gasteiger partial charge on any atom is 0.248 e. The van der Waals surface area contributed by atoms with Gasteiger partial charge in [-0.15, -0.1) is 0 Å². The number of benzene rings is 1.